The topological polar surface area (TPSA) is 74.6 Å². The highest BCUT2D eigenvalue weighted by molar-refractivity contribution is 5.99. The maximum absolute atomic E-state index is 12.0. The van der Waals surface area contributed by atoms with Crippen LogP contribution in [0.1, 0.15) is 72.4 Å². The molecular formula is C21H24O4. The van der Waals surface area contributed by atoms with Crippen LogP contribution in [0, 0.1) is 0 Å². The van der Waals surface area contributed by atoms with Crippen molar-refractivity contribution >= 4 is 11.6 Å². The second kappa shape index (κ2) is 7.09. The minimum atomic E-state index is -0.507. The Morgan fingerprint density at radius 2 is 1.16 bits per heavy atom. The van der Waals surface area contributed by atoms with E-state index < -0.39 is 5.41 Å². The summed E-state index contributed by atoms with van der Waals surface area (Å²) in [7, 11) is 0. The van der Waals surface area contributed by atoms with Crippen molar-refractivity contribution in [2.75, 3.05) is 0 Å². The lowest BCUT2D eigenvalue weighted by atomic mass is 9.76. The lowest BCUT2D eigenvalue weighted by Crippen LogP contribution is -2.20. The zero-order chi connectivity index (χ0) is 18.8. The second-order valence-corrected chi connectivity index (χ2v) is 6.64. The number of Topliss-reactive ketones (excluding diaryl/α,β-unsaturated/α-hetero) is 2. The van der Waals surface area contributed by atoms with E-state index in [9.17, 15) is 19.8 Å². The number of carbonyl (C=O) groups is 2. The van der Waals surface area contributed by atoms with Crippen molar-refractivity contribution in [3.63, 3.8) is 0 Å². The third-order valence-electron chi connectivity index (χ3n) is 4.68. The first-order valence-electron chi connectivity index (χ1n) is 8.45. The molecule has 0 aliphatic rings. The minimum Gasteiger partial charge on any atom is -0.507 e. The number of benzene rings is 2. The van der Waals surface area contributed by atoms with Gasteiger partial charge in [0.2, 0.25) is 0 Å². The number of hydrogen-bond donors (Lipinski definition) is 2. The Balaban J connectivity index is 2.55. The SMILES string of the molecule is CCC(=O)c1cc(C(C)(C)c2ccc(O)c(C(=O)CC)c2)ccc1O. The molecule has 2 N–H and O–H groups in total. The summed E-state index contributed by atoms with van der Waals surface area (Å²) in [5, 5.41) is 19.9. The van der Waals surface area contributed by atoms with Gasteiger partial charge in [-0.2, -0.15) is 0 Å². The highest BCUT2D eigenvalue weighted by Gasteiger charge is 2.26. The molecule has 25 heavy (non-hydrogen) atoms. The van der Waals surface area contributed by atoms with Gasteiger partial charge in [0.1, 0.15) is 11.5 Å². The van der Waals surface area contributed by atoms with E-state index in [4.69, 9.17) is 0 Å². The Labute approximate surface area is 148 Å². The van der Waals surface area contributed by atoms with Crippen LogP contribution in [0.3, 0.4) is 0 Å². The summed E-state index contributed by atoms with van der Waals surface area (Å²) in [6.45, 7) is 7.46. The first-order valence-corrected chi connectivity index (χ1v) is 8.45. The van der Waals surface area contributed by atoms with E-state index >= 15 is 0 Å². The van der Waals surface area contributed by atoms with Crippen molar-refractivity contribution in [3.05, 3.63) is 58.7 Å². The van der Waals surface area contributed by atoms with Gasteiger partial charge in [-0.05, 0) is 35.4 Å². The molecule has 0 bridgehead atoms. The van der Waals surface area contributed by atoms with Crippen molar-refractivity contribution in [2.45, 2.75) is 46.0 Å². The fourth-order valence-electron chi connectivity index (χ4n) is 2.84. The molecule has 0 atom stereocenters. The summed E-state index contributed by atoms with van der Waals surface area (Å²) in [5.74, 6) is -0.302. The molecule has 0 spiro atoms. The number of phenols is 2. The van der Waals surface area contributed by atoms with Gasteiger partial charge in [-0.1, -0.05) is 39.8 Å². The van der Waals surface area contributed by atoms with E-state index in [1.165, 1.54) is 12.1 Å². The Hall–Kier alpha value is -2.62. The molecule has 2 rings (SSSR count). The molecule has 0 unspecified atom stereocenters. The first-order chi connectivity index (χ1) is 11.7. The predicted molar refractivity (Wildman–Crippen MR) is 97.6 cm³/mol. The average Bonchev–Trinajstić information content (AvgIpc) is 2.60. The number of rotatable bonds is 6. The standard InChI is InChI=1S/C21H24O4/c1-5-17(22)15-11-13(7-9-19(15)24)21(3,4)14-8-10-20(25)16(12-14)18(23)6-2/h7-12,24-25H,5-6H2,1-4H3. The monoisotopic (exact) mass is 340 g/mol. The molecule has 4 heteroatoms. The Bertz CT molecular complexity index is 751. The molecule has 0 aromatic heterocycles. The van der Waals surface area contributed by atoms with Crippen LogP contribution in [0.2, 0.25) is 0 Å². The number of hydrogen-bond acceptors (Lipinski definition) is 4. The number of aromatic hydroxyl groups is 2. The maximum atomic E-state index is 12.0. The van der Waals surface area contributed by atoms with Gasteiger partial charge in [-0.25, -0.2) is 0 Å². The van der Waals surface area contributed by atoms with Crippen LogP contribution in [0.25, 0.3) is 0 Å². The van der Waals surface area contributed by atoms with E-state index in [0.717, 1.165) is 11.1 Å². The molecule has 0 amide bonds. The summed E-state index contributed by atoms with van der Waals surface area (Å²) in [4.78, 5) is 24.1. The molecule has 0 heterocycles. The number of carbonyl (C=O) groups excluding carboxylic acids is 2. The van der Waals surface area contributed by atoms with Crippen LogP contribution in [0.15, 0.2) is 36.4 Å². The highest BCUT2D eigenvalue weighted by atomic mass is 16.3. The van der Waals surface area contributed by atoms with Gasteiger partial charge >= 0.3 is 0 Å². The van der Waals surface area contributed by atoms with Crippen molar-refractivity contribution in [1.82, 2.24) is 0 Å². The van der Waals surface area contributed by atoms with Crippen LogP contribution in [-0.4, -0.2) is 21.8 Å². The van der Waals surface area contributed by atoms with E-state index in [0.29, 0.717) is 24.0 Å². The van der Waals surface area contributed by atoms with Crippen LogP contribution in [-0.2, 0) is 5.41 Å². The van der Waals surface area contributed by atoms with Crippen molar-refractivity contribution < 1.29 is 19.8 Å². The zero-order valence-electron chi connectivity index (χ0n) is 15.1. The summed E-state index contributed by atoms with van der Waals surface area (Å²) < 4.78 is 0. The molecule has 0 fully saturated rings. The van der Waals surface area contributed by atoms with E-state index in [1.54, 1.807) is 38.1 Å². The van der Waals surface area contributed by atoms with Gasteiger partial charge in [0.05, 0.1) is 11.1 Å². The number of ketones is 2. The largest absolute Gasteiger partial charge is 0.507 e. The molecule has 0 aliphatic heterocycles. The van der Waals surface area contributed by atoms with Crippen LogP contribution >= 0.6 is 0 Å². The molecule has 0 aliphatic carbocycles. The Kier molecular flexibility index (Phi) is 5.31. The van der Waals surface area contributed by atoms with Crippen LogP contribution < -0.4 is 0 Å². The molecule has 132 valence electrons. The van der Waals surface area contributed by atoms with Gasteiger partial charge in [-0.3, -0.25) is 9.59 Å². The minimum absolute atomic E-state index is 0.0287. The van der Waals surface area contributed by atoms with Gasteiger partial charge in [0.25, 0.3) is 0 Å². The van der Waals surface area contributed by atoms with Gasteiger partial charge < -0.3 is 10.2 Å². The smallest absolute Gasteiger partial charge is 0.166 e. The van der Waals surface area contributed by atoms with E-state index in [1.807, 2.05) is 13.8 Å². The third-order valence-corrected chi connectivity index (χ3v) is 4.68. The quantitative estimate of drug-likeness (QED) is 0.753. The van der Waals surface area contributed by atoms with Crippen molar-refractivity contribution in [1.29, 1.82) is 0 Å². The molecule has 2 aromatic rings. The van der Waals surface area contributed by atoms with Crippen LogP contribution in [0.5, 0.6) is 11.5 Å². The second-order valence-electron chi connectivity index (χ2n) is 6.64. The molecule has 0 saturated heterocycles. The Morgan fingerprint density at radius 1 is 0.800 bits per heavy atom. The maximum Gasteiger partial charge on any atom is 0.166 e. The molecule has 0 radical (unpaired) electrons. The van der Waals surface area contributed by atoms with Gasteiger partial charge in [-0.15, -0.1) is 0 Å². The number of phenolic OH excluding ortho intramolecular Hbond substituents is 2. The Morgan fingerprint density at radius 3 is 1.48 bits per heavy atom. The van der Waals surface area contributed by atoms with Crippen molar-refractivity contribution in [2.24, 2.45) is 0 Å². The van der Waals surface area contributed by atoms with Crippen molar-refractivity contribution in [3.8, 4) is 11.5 Å². The van der Waals surface area contributed by atoms with Gasteiger partial charge in [0.15, 0.2) is 11.6 Å². The lowest BCUT2D eigenvalue weighted by Gasteiger charge is -2.27. The fourth-order valence-corrected chi connectivity index (χ4v) is 2.84. The fraction of sp³-hybridized carbons (Fsp3) is 0.333. The predicted octanol–water partition coefficient (Wildman–Crippen LogP) is 4.61. The van der Waals surface area contributed by atoms with E-state index in [-0.39, 0.29) is 23.1 Å². The summed E-state index contributed by atoms with van der Waals surface area (Å²) >= 11 is 0. The third kappa shape index (κ3) is 3.58. The lowest BCUT2D eigenvalue weighted by molar-refractivity contribution is 0.0977. The van der Waals surface area contributed by atoms with Gasteiger partial charge in [0, 0.05) is 18.3 Å². The summed E-state index contributed by atoms with van der Waals surface area (Å²) in [6.07, 6.45) is 0.623. The normalized spacial score (nSPS) is 11.4. The zero-order valence-corrected chi connectivity index (χ0v) is 15.1. The summed E-state index contributed by atoms with van der Waals surface area (Å²) in [6, 6.07) is 10.0. The summed E-state index contributed by atoms with van der Waals surface area (Å²) in [5.41, 5.74) is 1.80. The molecular weight excluding hydrogens is 316 g/mol. The average molecular weight is 340 g/mol. The van der Waals surface area contributed by atoms with E-state index in [2.05, 4.69) is 0 Å². The molecule has 2 aromatic carbocycles. The molecule has 0 saturated carbocycles. The van der Waals surface area contributed by atoms with Crippen LogP contribution in [0.4, 0.5) is 0 Å². The first kappa shape index (κ1) is 18.7. The highest BCUT2D eigenvalue weighted by Crippen LogP contribution is 2.36. The molecule has 4 nitrogen and oxygen atoms in total.